The van der Waals surface area contributed by atoms with Crippen LogP contribution in [0.2, 0.25) is 5.02 Å². The van der Waals surface area contributed by atoms with E-state index in [0.29, 0.717) is 21.9 Å². The molecule has 0 bridgehead atoms. The summed E-state index contributed by atoms with van der Waals surface area (Å²) in [7, 11) is 0. The number of nitrogens with zero attached hydrogens (tertiary/aromatic N) is 3. The van der Waals surface area contributed by atoms with Crippen LogP contribution in [0.4, 0.5) is 5.69 Å². The van der Waals surface area contributed by atoms with Gasteiger partial charge in [-0.2, -0.15) is 5.26 Å². The van der Waals surface area contributed by atoms with E-state index in [-0.39, 0.29) is 28.9 Å². The van der Waals surface area contributed by atoms with Gasteiger partial charge in [-0.1, -0.05) is 39.3 Å². The zero-order valence-electron chi connectivity index (χ0n) is 22.8. The van der Waals surface area contributed by atoms with Gasteiger partial charge in [0.15, 0.2) is 0 Å². The third kappa shape index (κ3) is 5.10. The molecular weight excluding hydrogens is 498 g/mol. The molecule has 0 atom stereocenters. The van der Waals surface area contributed by atoms with Gasteiger partial charge in [-0.15, -0.1) is 0 Å². The van der Waals surface area contributed by atoms with Crippen molar-refractivity contribution in [3.63, 3.8) is 0 Å². The molecule has 2 N–H and O–H groups in total. The Bertz CT molecular complexity index is 1190. The zero-order chi connectivity index (χ0) is 27.1. The number of carbonyl (C=O) groups excluding carboxylic acids is 1. The van der Waals surface area contributed by atoms with E-state index < -0.39 is 0 Å². The van der Waals surface area contributed by atoms with Crippen LogP contribution in [-0.2, 0) is 0 Å². The van der Waals surface area contributed by atoms with Crippen molar-refractivity contribution in [3.05, 3.63) is 58.6 Å². The van der Waals surface area contributed by atoms with Gasteiger partial charge in [0.25, 0.3) is 5.91 Å². The number of piperazine rings is 1. The van der Waals surface area contributed by atoms with E-state index in [9.17, 15) is 4.79 Å². The maximum absolute atomic E-state index is 13.2. The molecule has 3 fully saturated rings. The van der Waals surface area contributed by atoms with Crippen LogP contribution >= 0.6 is 11.6 Å². The van der Waals surface area contributed by atoms with Gasteiger partial charge in [0.05, 0.1) is 10.6 Å². The van der Waals surface area contributed by atoms with E-state index in [2.05, 4.69) is 66.3 Å². The average Bonchev–Trinajstić information content (AvgIpc) is 2.88. The number of benzene rings is 2. The Balaban J connectivity index is 1.17. The molecule has 202 valence electrons. The third-order valence-corrected chi connectivity index (χ3v) is 8.99. The first kappa shape index (κ1) is 26.8. The fraction of sp³-hybridized carbons (Fsp3) is 0.533. The molecule has 38 heavy (non-hydrogen) atoms. The molecule has 2 aromatic rings. The van der Waals surface area contributed by atoms with Crippen LogP contribution < -0.4 is 20.3 Å². The molecule has 7 nitrogen and oxygen atoms in total. The number of nitrogens with one attached hydrogen (secondary N) is 2. The van der Waals surface area contributed by atoms with Crippen LogP contribution in [-0.4, -0.2) is 68.8 Å². The molecule has 2 saturated heterocycles. The summed E-state index contributed by atoms with van der Waals surface area (Å²) in [5.74, 6) is 1.36. The number of nitriles is 1. The van der Waals surface area contributed by atoms with E-state index in [0.717, 1.165) is 45.2 Å². The van der Waals surface area contributed by atoms with E-state index in [1.807, 2.05) is 12.1 Å². The minimum absolute atomic E-state index is 0.0681. The summed E-state index contributed by atoms with van der Waals surface area (Å²) in [5.41, 5.74) is 1.67. The second kappa shape index (κ2) is 10.4. The predicted octanol–water partition coefficient (Wildman–Crippen LogP) is 4.17. The lowest BCUT2D eigenvalue weighted by molar-refractivity contribution is -0.164. The molecule has 1 amide bonds. The van der Waals surface area contributed by atoms with Gasteiger partial charge in [0.2, 0.25) is 0 Å². The van der Waals surface area contributed by atoms with Crippen LogP contribution in [0.15, 0.2) is 42.5 Å². The van der Waals surface area contributed by atoms with E-state index >= 15 is 0 Å². The van der Waals surface area contributed by atoms with Crippen LogP contribution in [0, 0.1) is 28.1 Å². The van der Waals surface area contributed by atoms with Crippen molar-refractivity contribution in [2.45, 2.75) is 39.8 Å². The Labute approximate surface area is 231 Å². The first-order valence-electron chi connectivity index (χ1n) is 13.5. The van der Waals surface area contributed by atoms with Crippen molar-refractivity contribution in [2.24, 2.45) is 16.7 Å². The van der Waals surface area contributed by atoms with Gasteiger partial charge in [-0.05, 0) is 42.3 Å². The standard InChI is InChI=1S/C30H38ClN5O2/c1-29(2)27(30(3,4)28(29)38-24-10-7-22(16-32)25(31)15-24)34-26(37)21-5-8-23(9-6-21)36-13-11-35(12-14-36)19-20-17-33-18-20/h5-10,15,20,27-28,33H,11-14,17-19H2,1-4H3,(H,34,37)/t27-,28-. The Morgan fingerprint density at radius 2 is 1.74 bits per heavy atom. The number of anilines is 1. The van der Waals surface area contributed by atoms with Gasteiger partial charge < -0.3 is 20.3 Å². The zero-order valence-corrected chi connectivity index (χ0v) is 23.5. The summed E-state index contributed by atoms with van der Waals surface area (Å²) in [5, 5.41) is 16.1. The second-order valence-electron chi connectivity index (χ2n) is 12.2. The largest absolute Gasteiger partial charge is 0.489 e. The number of carbonyl (C=O) groups is 1. The number of ether oxygens (including phenoxy) is 1. The molecule has 1 aliphatic carbocycles. The Hall–Kier alpha value is -2.79. The lowest BCUT2D eigenvalue weighted by Crippen LogP contribution is -2.74. The molecule has 5 rings (SSSR count). The maximum atomic E-state index is 13.2. The smallest absolute Gasteiger partial charge is 0.251 e. The molecule has 0 radical (unpaired) electrons. The molecule has 0 spiro atoms. The van der Waals surface area contributed by atoms with E-state index in [1.165, 1.54) is 12.2 Å². The number of halogens is 1. The lowest BCUT2D eigenvalue weighted by Gasteiger charge is -2.63. The van der Waals surface area contributed by atoms with Crippen LogP contribution in [0.5, 0.6) is 5.75 Å². The number of amides is 1. The highest BCUT2D eigenvalue weighted by Crippen LogP contribution is 2.55. The highest BCUT2D eigenvalue weighted by molar-refractivity contribution is 6.31. The molecule has 3 aliphatic rings. The van der Waals surface area contributed by atoms with Crippen molar-refractivity contribution in [1.82, 2.24) is 15.5 Å². The maximum Gasteiger partial charge on any atom is 0.251 e. The average molecular weight is 536 g/mol. The molecule has 2 aromatic carbocycles. The van der Waals surface area contributed by atoms with Gasteiger partial charge in [0.1, 0.15) is 17.9 Å². The van der Waals surface area contributed by atoms with Crippen molar-refractivity contribution in [1.29, 1.82) is 5.26 Å². The second-order valence-corrected chi connectivity index (χ2v) is 12.6. The number of hydrogen-bond donors (Lipinski definition) is 2. The van der Waals surface area contributed by atoms with Crippen molar-refractivity contribution >= 4 is 23.2 Å². The Morgan fingerprint density at radius 3 is 2.29 bits per heavy atom. The molecule has 0 unspecified atom stereocenters. The number of hydrogen-bond acceptors (Lipinski definition) is 6. The summed E-state index contributed by atoms with van der Waals surface area (Å²) in [6.07, 6.45) is -0.133. The first-order chi connectivity index (χ1) is 18.1. The molecule has 2 aliphatic heterocycles. The molecule has 8 heteroatoms. The lowest BCUT2D eigenvalue weighted by atomic mass is 9.49. The third-order valence-electron chi connectivity index (χ3n) is 8.68. The highest BCUT2D eigenvalue weighted by atomic mass is 35.5. The molecular formula is C30H38ClN5O2. The topological polar surface area (TPSA) is 80.6 Å². The fourth-order valence-electron chi connectivity index (χ4n) is 6.67. The summed E-state index contributed by atoms with van der Waals surface area (Å²) in [6, 6.07) is 15.1. The van der Waals surface area contributed by atoms with Gasteiger partial charge in [-0.3, -0.25) is 9.69 Å². The summed E-state index contributed by atoms with van der Waals surface area (Å²) < 4.78 is 6.34. The SMILES string of the molecule is CC1(C)[C@H](NC(=O)c2ccc(N3CCN(CC4CNC4)CC3)cc2)C(C)(C)[C@H]1Oc1ccc(C#N)c(Cl)c1. The van der Waals surface area contributed by atoms with Crippen molar-refractivity contribution in [2.75, 3.05) is 50.7 Å². The summed E-state index contributed by atoms with van der Waals surface area (Å²) in [6.45, 7) is 16.2. The molecule has 1 saturated carbocycles. The normalized spacial score (nSPS) is 24.6. The molecule has 0 aromatic heterocycles. The fourth-order valence-corrected chi connectivity index (χ4v) is 6.88. The highest BCUT2D eigenvalue weighted by Gasteiger charge is 2.64. The monoisotopic (exact) mass is 535 g/mol. The quantitative estimate of drug-likeness (QED) is 0.554. The Morgan fingerprint density at radius 1 is 1.08 bits per heavy atom. The van der Waals surface area contributed by atoms with Crippen LogP contribution in [0.3, 0.4) is 0 Å². The minimum atomic E-state index is -0.297. The van der Waals surface area contributed by atoms with E-state index in [4.69, 9.17) is 21.6 Å². The van der Waals surface area contributed by atoms with Crippen LogP contribution in [0.25, 0.3) is 0 Å². The van der Waals surface area contributed by atoms with Crippen molar-refractivity contribution in [3.8, 4) is 11.8 Å². The first-order valence-corrected chi connectivity index (χ1v) is 13.9. The molecule has 2 heterocycles. The van der Waals surface area contributed by atoms with Gasteiger partial charge >= 0.3 is 0 Å². The van der Waals surface area contributed by atoms with Crippen molar-refractivity contribution < 1.29 is 9.53 Å². The summed E-state index contributed by atoms with van der Waals surface area (Å²) >= 11 is 6.21. The minimum Gasteiger partial charge on any atom is -0.489 e. The Kier molecular flexibility index (Phi) is 7.34. The van der Waals surface area contributed by atoms with Gasteiger partial charge in [0, 0.05) is 80.0 Å². The van der Waals surface area contributed by atoms with Crippen LogP contribution in [0.1, 0.15) is 43.6 Å². The summed E-state index contributed by atoms with van der Waals surface area (Å²) in [4.78, 5) is 18.2. The van der Waals surface area contributed by atoms with Gasteiger partial charge in [-0.25, -0.2) is 0 Å². The predicted molar refractivity (Wildman–Crippen MR) is 151 cm³/mol. The number of rotatable bonds is 7. The van der Waals surface area contributed by atoms with E-state index in [1.54, 1.807) is 18.2 Å².